The van der Waals surface area contributed by atoms with E-state index >= 15 is 0 Å². The Morgan fingerprint density at radius 1 is 1.36 bits per heavy atom. The number of ether oxygens (including phenoxy) is 1. The SMILES string of the molecule is Cc1cc(=O)c(O)c(CN2CC(C)OC(C)C2)n1CC(=O)O. The van der Waals surface area contributed by atoms with Crippen molar-refractivity contribution in [3.05, 3.63) is 27.7 Å². The minimum absolute atomic E-state index is 0.0512. The standard InChI is InChI=1S/C15H22N2O5/c1-9-4-13(18)15(21)12(17(9)8-14(19)20)7-16-5-10(2)22-11(3)6-16/h4,10-11,21H,5-8H2,1-3H3,(H,19,20). The van der Waals surface area contributed by atoms with Crippen LogP contribution in [-0.2, 0) is 22.6 Å². The Labute approximate surface area is 128 Å². The lowest BCUT2D eigenvalue weighted by molar-refractivity contribution is -0.137. The van der Waals surface area contributed by atoms with Gasteiger partial charge in [-0.1, -0.05) is 0 Å². The maximum Gasteiger partial charge on any atom is 0.323 e. The van der Waals surface area contributed by atoms with Crippen molar-refractivity contribution in [3.8, 4) is 5.75 Å². The number of hydrogen-bond acceptors (Lipinski definition) is 5. The van der Waals surface area contributed by atoms with E-state index in [9.17, 15) is 14.7 Å². The molecular formula is C15H22N2O5. The summed E-state index contributed by atoms with van der Waals surface area (Å²) in [6.45, 7) is 6.94. The third-order valence-electron chi connectivity index (χ3n) is 3.76. The van der Waals surface area contributed by atoms with Crippen molar-refractivity contribution in [3.63, 3.8) is 0 Å². The van der Waals surface area contributed by atoms with Crippen molar-refractivity contribution in [2.45, 2.75) is 46.1 Å². The quantitative estimate of drug-likeness (QED) is 0.844. The number of aromatic nitrogens is 1. The fourth-order valence-corrected chi connectivity index (χ4v) is 2.96. The van der Waals surface area contributed by atoms with Gasteiger partial charge in [-0.2, -0.15) is 0 Å². The van der Waals surface area contributed by atoms with Crippen LogP contribution < -0.4 is 5.43 Å². The zero-order chi connectivity index (χ0) is 16.4. The van der Waals surface area contributed by atoms with E-state index in [1.54, 1.807) is 6.92 Å². The number of hydrogen-bond donors (Lipinski definition) is 2. The minimum Gasteiger partial charge on any atom is -0.503 e. The molecule has 2 atom stereocenters. The summed E-state index contributed by atoms with van der Waals surface area (Å²) >= 11 is 0. The predicted molar refractivity (Wildman–Crippen MR) is 80.0 cm³/mol. The number of aliphatic carboxylic acids is 1. The lowest BCUT2D eigenvalue weighted by atomic mass is 10.2. The Bertz CT molecular complexity index is 615. The molecule has 2 N–H and O–H groups in total. The number of morpholine rings is 1. The molecule has 0 aromatic carbocycles. The van der Waals surface area contributed by atoms with Gasteiger partial charge in [-0.25, -0.2) is 0 Å². The summed E-state index contributed by atoms with van der Waals surface area (Å²) in [5, 5.41) is 19.1. The first-order valence-corrected chi connectivity index (χ1v) is 7.29. The number of carboxylic acids is 1. The molecule has 22 heavy (non-hydrogen) atoms. The van der Waals surface area contributed by atoms with E-state index in [2.05, 4.69) is 4.90 Å². The number of aromatic hydroxyl groups is 1. The average molecular weight is 310 g/mol. The van der Waals surface area contributed by atoms with Gasteiger partial charge in [-0.05, 0) is 20.8 Å². The molecule has 7 heteroatoms. The van der Waals surface area contributed by atoms with E-state index < -0.39 is 11.4 Å². The first-order chi connectivity index (χ1) is 10.3. The summed E-state index contributed by atoms with van der Waals surface area (Å²) in [6.07, 6.45) is 0.102. The Kier molecular flexibility index (Phi) is 4.87. The van der Waals surface area contributed by atoms with Gasteiger partial charge in [0.25, 0.3) is 0 Å². The predicted octanol–water partition coefficient (Wildman–Crippen LogP) is 0.556. The summed E-state index contributed by atoms with van der Waals surface area (Å²) in [5.74, 6) is -1.39. The van der Waals surface area contributed by atoms with Gasteiger partial charge in [0, 0.05) is 31.4 Å². The van der Waals surface area contributed by atoms with E-state index in [-0.39, 0.29) is 24.5 Å². The molecular weight excluding hydrogens is 288 g/mol. The number of carboxylic acid groups (broad SMARTS) is 1. The molecule has 122 valence electrons. The monoisotopic (exact) mass is 310 g/mol. The van der Waals surface area contributed by atoms with Crippen LogP contribution in [0.5, 0.6) is 5.75 Å². The Morgan fingerprint density at radius 3 is 2.50 bits per heavy atom. The third-order valence-corrected chi connectivity index (χ3v) is 3.76. The van der Waals surface area contributed by atoms with Crippen molar-refractivity contribution < 1.29 is 19.7 Å². The van der Waals surface area contributed by atoms with Gasteiger partial charge in [0.15, 0.2) is 5.75 Å². The topological polar surface area (TPSA) is 92.0 Å². The highest BCUT2D eigenvalue weighted by molar-refractivity contribution is 5.67. The molecule has 2 heterocycles. The summed E-state index contributed by atoms with van der Waals surface area (Å²) in [4.78, 5) is 24.9. The molecule has 1 aliphatic rings. The number of carbonyl (C=O) groups is 1. The van der Waals surface area contributed by atoms with Gasteiger partial charge in [0.2, 0.25) is 5.43 Å². The summed E-state index contributed by atoms with van der Waals surface area (Å²) in [5.41, 5.74) is 0.381. The van der Waals surface area contributed by atoms with E-state index in [0.717, 1.165) is 0 Å². The van der Waals surface area contributed by atoms with Gasteiger partial charge in [-0.3, -0.25) is 14.5 Å². The second-order valence-electron chi connectivity index (χ2n) is 5.88. The van der Waals surface area contributed by atoms with Crippen LogP contribution in [0, 0.1) is 6.92 Å². The number of pyridine rings is 1. The molecule has 1 aliphatic heterocycles. The van der Waals surface area contributed by atoms with E-state index in [4.69, 9.17) is 9.84 Å². The summed E-state index contributed by atoms with van der Waals surface area (Å²) in [7, 11) is 0. The van der Waals surface area contributed by atoms with Crippen LogP contribution in [0.15, 0.2) is 10.9 Å². The van der Waals surface area contributed by atoms with Gasteiger partial charge in [-0.15, -0.1) is 0 Å². The Morgan fingerprint density at radius 2 is 1.95 bits per heavy atom. The highest BCUT2D eigenvalue weighted by atomic mass is 16.5. The van der Waals surface area contributed by atoms with Crippen LogP contribution in [0.3, 0.4) is 0 Å². The first-order valence-electron chi connectivity index (χ1n) is 7.29. The van der Waals surface area contributed by atoms with E-state index in [0.29, 0.717) is 31.0 Å². The Balaban J connectivity index is 2.36. The lowest BCUT2D eigenvalue weighted by Crippen LogP contribution is -2.45. The fraction of sp³-hybridized carbons (Fsp3) is 0.600. The van der Waals surface area contributed by atoms with Crippen molar-refractivity contribution in [2.24, 2.45) is 0 Å². The van der Waals surface area contributed by atoms with Gasteiger partial charge in [0.05, 0.1) is 17.9 Å². The number of aryl methyl sites for hydroxylation is 1. The number of nitrogens with zero attached hydrogens (tertiary/aromatic N) is 2. The zero-order valence-corrected chi connectivity index (χ0v) is 13.1. The molecule has 0 radical (unpaired) electrons. The molecule has 0 bridgehead atoms. The van der Waals surface area contributed by atoms with Crippen LogP contribution in [0.1, 0.15) is 25.2 Å². The second-order valence-corrected chi connectivity index (χ2v) is 5.88. The molecule has 0 saturated carbocycles. The molecule has 1 saturated heterocycles. The summed E-state index contributed by atoms with van der Waals surface area (Å²) < 4.78 is 7.14. The van der Waals surface area contributed by atoms with Gasteiger partial charge >= 0.3 is 5.97 Å². The second kappa shape index (κ2) is 6.50. The summed E-state index contributed by atoms with van der Waals surface area (Å²) in [6, 6.07) is 1.26. The van der Waals surface area contributed by atoms with Crippen molar-refractivity contribution in [1.29, 1.82) is 0 Å². The number of rotatable bonds is 4. The van der Waals surface area contributed by atoms with Crippen LogP contribution in [0.4, 0.5) is 0 Å². The molecule has 7 nitrogen and oxygen atoms in total. The molecule has 0 amide bonds. The van der Waals surface area contributed by atoms with Crippen LogP contribution in [0.25, 0.3) is 0 Å². The van der Waals surface area contributed by atoms with Crippen molar-refractivity contribution in [2.75, 3.05) is 13.1 Å². The van der Waals surface area contributed by atoms with Crippen molar-refractivity contribution >= 4 is 5.97 Å². The minimum atomic E-state index is -1.02. The molecule has 2 unspecified atom stereocenters. The zero-order valence-electron chi connectivity index (χ0n) is 13.1. The maximum absolute atomic E-state index is 11.8. The maximum atomic E-state index is 11.8. The molecule has 0 spiro atoms. The molecule has 0 aliphatic carbocycles. The van der Waals surface area contributed by atoms with Crippen LogP contribution >= 0.6 is 0 Å². The van der Waals surface area contributed by atoms with Crippen molar-refractivity contribution in [1.82, 2.24) is 9.47 Å². The first kappa shape index (κ1) is 16.5. The molecule has 2 rings (SSSR count). The van der Waals surface area contributed by atoms with Crippen LogP contribution in [-0.4, -0.2) is 50.9 Å². The van der Waals surface area contributed by atoms with E-state index in [1.807, 2.05) is 13.8 Å². The van der Waals surface area contributed by atoms with Crippen LogP contribution in [0.2, 0.25) is 0 Å². The lowest BCUT2D eigenvalue weighted by Gasteiger charge is -2.35. The highest BCUT2D eigenvalue weighted by Gasteiger charge is 2.25. The highest BCUT2D eigenvalue weighted by Crippen LogP contribution is 2.20. The fourth-order valence-electron chi connectivity index (χ4n) is 2.96. The largest absolute Gasteiger partial charge is 0.503 e. The Hall–Kier alpha value is -1.86. The normalized spacial score (nSPS) is 22.7. The van der Waals surface area contributed by atoms with E-state index in [1.165, 1.54) is 10.6 Å². The molecule has 1 fully saturated rings. The average Bonchev–Trinajstić information content (AvgIpc) is 2.38. The molecule has 1 aromatic rings. The van der Waals surface area contributed by atoms with Gasteiger partial charge < -0.3 is 19.5 Å². The molecule has 1 aromatic heterocycles. The smallest absolute Gasteiger partial charge is 0.323 e. The third kappa shape index (κ3) is 3.66. The van der Waals surface area contributed by atoms with Gasteiger partial charge in [0.1, 0.15) is 6.54 Å².